The van der Waals surface area contributed by atoms with Gasteiger partial charge in [0, 0.05) is 0 Å². The Hall–Kier alpha value is -2.61. The maximum absolute atomic E-state index is 12.9. The molecule has 0 radical (unpaired) electrons. The highest BCUT2D eigenvalue weighted by atomic mass is 32.2. The van der Waals surface area contributed by atoms with E-state index in [4.69, 9.17) is 9.47 Å². The second kappa shape index (κ2) is 7.74. The maximum atomic E-state index is 12.9. The van der Waals surface area contributed by atoms with Gasteiger partial charge in [-0.3, -0.25) is 0 Å². The molecular weight excluding hydrogens is 361 g/mol. The van der Waals surface area contributed by atoms with E-state index in [1.165, 1.54) is 48.5 Å². The molecule has 138 valence electrons. The molecule has 26 heavy (non-hydrogen) atoms. The molecule has 1 saturated carbocycles. The first-order chi connectivity index (χ1) is 12.4. The van der Waals surface area contributed by atoms with Gasteiger partial charge in [-0.25, -0.2) is 22.3 Å². The van der Waals surface area contributed by atoms with E-state index >= 15 is 0 Å². The van der Waals surface area contributed by atoms with Crippen molar-refractivity contribution in [2.45, 2.75) is 36.7 Å². The first kappa shape index (κ1) is 18.2. The van der Waals surface area contributed by atoms with Crippen LogP contribution in [0.4, 0.5) is 9.18 Å². The summed E-state index contributed by atoms with van der Waals surface area (Å²) in [7, 11) is -4.03. The minimum atomic E-state index is -4.03. The fourth-order valence-corrected chi connectivity index (χ4v) is 3.56. The molecule has 0 bridgehead atoms. The van der Waals surface area contributed by atoms with E-state index in [0.29, 0.717) is 11.5 Å². The number of amides is 1. The van der Waals surface area contributed by atoms with Crippen LogP contribution in [0.2, 0.25) is 0 Å². The second-order valence-corrected chi connectivity index (χ2v) is 7.63. The highest BCUT2D eigenvalue weighted by Crippen LogP contribution is 2.24. The van der Waals surface area contributed by atoms with Gasteiger partial charge in [-0.1, -0.05) is 0 Å². The number of hydrogen-bond acceptors (Lipinski definition) is 5. The fraction of sp³-hybridized carbons (Fsp3) is 0.278. The summed E-state index contributed by atoms with van der Waals surface area (Å²) < 4.78 is 49.8. The Labute approximate surface area is 151 Å². The normalized spacial score (nSPS) is 14.8. The first-order valence-corrected chi connectivity index (χ1v) is 9.68. The standard InChI is InChI=1S/C18H18FNO5S/c19-13-5-7-15(8-6-13)24-16-9-11-17(12-10-16)26(22,23)20-18(21)25-14-3-1-2-4-14/h5-12,14H,1-4H2,(H,20,21). The summed E-state index contributed by atoms with van der Waals surface area (Å²) in [5.41, 5.74) is 0. The minimum absolute atomic E-state index is 0.0904. The third kappa shape index (κ3) is 4.72. The lowest BCUT2D eigenvalue weighted by Crippen LogP contribution is -2.33. The predicted octanol–water partition coefficient (Wildman–Crippen LogP) is 3.98. The van der Waals surface area contributed by atoms with Crippen LogP contribution in [0.5, 0.6) is 11.5 Å². The highest BCUT2D eigenvalue weighted by Gasteiger charge is 2.23. The molecule has 0 unspecified atom stereocenters. The summed E-state index contributed by atoms with van der Waals surface area (Å²) in [6.45, 7) is 0. The minimum Gasteiger partial charge on any atom is -0.457 e. The molecule has 1 fully saturated rings. The van der Waals surface area contributed by atoms with Crippen molar-refractivity contribution in [3.05, 3.63) is 54.3 Å². The van der Waals surface area contributed by atoms with Crippen LogP contribution in [-0.2, 0) is 14.8 Å². The van der Waals surface area contributed by atoms with E-state index in [1.54, 1.807) is 0 Å². The molecular formula is C18H18FNO5S. The molecule has 1 aliphatic rings. The second-order valence-electron chi connectivity index (χ2n) is 5.94. The van der Waals surface area contributed by atoms with Gasteiger partial charge in [0.15, 0.2) is 0 Å². The van der Waals surface area contributed by atoms with Crippen LogP contribution >= 0.6 is 0 Å². The molecule has 0 saturated heterocycles. The number of hydrogen-bond donors (Lipinski definition) is 1. The molecule has 3 rings (SSSR count). The molecule has 1 aliphatic carbocycles. The van der Waals surface area contributed by atoms with Gasteiger partial charge >= 0.3 is 6.09 Å². The number of carbonyl (C=O) groups excluding carboxylic acids is 1. The zero-order valence-corrected chi connectivity index (χ0v) is 14.7. The Morgan fingerprint density at radius 2 is 1.50 bits per heavy atom. The number of rotatable bonds is 5. The largest absolute Gasteiger partial charge is 0.457 e. The van der Waals surface area contributed by atoms with Crippen molar-refractivity contribution in [3.63, 3.8) is 0 Å². The quantitative estimate of drug-likeness (QED) is 0.850. The van der Waals surface area contributed by atoms with Crippen LogP contribution < -0.4 is 9.46 Å². The smallest absolute Gasteiger partial charge is 0.421 e. The van der Waals surface area contributed by atoms with Crippen LogP contribution in [0.25, 0.3) is 0 Å². The molecule has 0 heterocycles. The van der Waals surface area contributed by atoms with Gasteiger partial charge in [0.1, 0.15) is 23.4 Å². The lowest BCUT2D eigenvalue weighted by atomic mass is 10.3. The maximum Gasteiger partial charge on any atom is 0.421 e. The zero-order valence-electron chi connectivity index (χ0n) is 13.9. The van der Waals surface area contributed by atoms with E-state index in [2.05, 4.69) is 0 Å². The van der Waals surface area contributed by atoms with Gasteiger partial charge in [0.2, 0.25) is 0 Å². The van der Waals surface area contributed by atoms with Crippen LogP contribution in [0.1, 0.15) is 25.7 Å². The lowest BCUT2D eigenvalue weighted by Gasteiger charge is -2.12. The molecule has 0 aromatic heterocycles. The summed E-state index contributed by atoms with van der Waals surface area (Å²) in [5, 5.41) is 0. The Morgan fingerprint density at radius 3 is 2.08 bits per heavy atom. The average molecular weight is 379 g/mol. The van der Waals surface area contributed by atoms with Crippen molar-refractivity contribution < 1.29 is 27.1 Å². The van der Waals surface area contributed by atoms with Crippen molar-refractivity contribution in [1.29, 1.82) is 0 Å². The van der Waals surface area contributed by atoms with E-state index in [9.17, 15) is 17.6 Å². The zero-order chi connectivity index (χ0) is 18.6. The Bertz CT molecular complexity index is 859. The van der Waals surface area contributed by atoms with Crippen molar-refractivity contribution >= 4 is 16.1 Å². The predicted molar refractivity (Wildman–Crippen MR) is 92.0 cm³/mol. The molecule has 0 spiro atoms. The van der Waals surface area contributed by atoms with Gasteiger partial charge in [-0.2, -0.15) is 0 Å². The average Bonchev–Trinajstić information content (AvgIpc) is 3.10. The fourth-order valence-electron chi connectivity index (χ4n) is 2.68. The van der Waals surface area contributed by atoms with Gasteiger partial charge in [0.25, 0.3) is 10.0 Å². The van der Waals surface area contributed by atoms with Crippen LogP contribution in [0.15, 0.2) is 53.4 Å². The topological polar surface area (TPSA) is 81.7 Å². The third-order valence-electron chi connectivity index (χ3n) is 3.98. The summed E-state index contributed by atoms with van der Waals surface area (Å²) in [6.07, 6.45) is 2.26. The SMILES string of the molecule is O=C(NS(=O)(=O)c1ccc(Oc2ccc(F)cc2)cc1)OC1CCCC1. The molecule has 1 N–H and O–H groups in total. The van der Waals surface area contributed by atoms with Crippen molar-refractivity contribution in [1.82, 2.24) is 4.72 Å². The van der Waals surface area contributed by atoms with E-state index < -0.39 is 16.1 Å². The van der Waals surface area contributed by atoms with Crippen LogP contribution in [0, 0.1) is 5.82 Å². The Balaban J connectivity index is 1.62. The molecule has 6 nitrogen and oxygen atoms in total. The van der Waals surface area contributed by atoms with Crippen LogP contribution in [-0.4, -0.2) is 20.6 Å². The summed E-state index contributed by atoms with van der Waals surface area (Å²) in [4.78, 5) is 11.7. The molecule has 0 aliphatic heterocycles. The summed E-state index contributed by atoms with van der Waals surface area (Å²) in [6, 6.07) is 10.9. The van der Waals surface area contributed by atoms with Gasteiger partial charge < -0.3 is 9.47 Å². The number of sulfonamides is 1. The number of carbonyl (C=O) groups is 1. The van der Waals surface area contributed by atoms with E-state index in [-0.39, 0.29) is 16.8 Å². The number of nitrogens with one attached hydrogen (secondary N) is 1. The first-order valence-electron chi connectivity index (χ1n) is 8.19. The third-order valence-corrected chi connectivity index (χ3v) is 5.31. The lowest BCUT2D eigenvalue weighted by molar-refractivity contribution is 0.106. The summed E-state index contributed by atoms with van der Waals surface area (Å²) in [5.74, 6) is 0.415. The number of ether oxygens (including phenoxy) is 2. The Morgan fingerprint density at radius 1 is 0.962 bits per heavy atom. The molecule has 2 aromatic carbocycles. The van der Waals surface area contributed by atoms with Gasteiger partial charge in [-0.15, -0.1) is 0 Å². The highest BCUT2D eigenvalue weighted by molar-refractivity contribution is 7.90. The van der Waals surface area contributed by atoms with Crippen molar-refractivity contribution in [2.75, 3.05) is 0 Å². The molecule has 2 aromatic rings. The van der Waals surface area contributed by atoms with E-state index in [0.717, 1.165) is 25.7 Å². The monoisotopic (exact) mass is 379 g/mol. The van der Waals surface area contributed by atoms with Crippen molar-refractivity contribution in [2.24, 2.45) is 0 Å². The van der Waals surface area contributed by atoms with Gasteiger partial charge in [-0.05, 0) is 74.2 Å². The van der Waals surface area contributed by atoms with Gasteiger partial charge in [0.05, 0.1) is 4.90 Å². The van der Waals surface area contributed by atoms with Crippen molar-refractivity contribution in [3.8, 4) is 11.5 Å². The van der Waals surface area contributed by atoms with E-state index in [1.807, 2.05) is 4.72 Å². The molecule has 8 heteroatoms. The number of benzene rings is 2. The molecule has 1 amide bonds. The summed E-state index contributed by atoms with van der Waals surface area (Å²) >= 11 is 0. The number of halogens is 1. The van der Waals surface area contributed by atoms with Crippen LogP contribution in [0.3, 0.4) is 0 Å². The molecule has 0 atom stereocenters. The Kier molecular flexibility index (Phi) is 5.41.